The fraction of sp³-hybridized carbons (Fsp3) is 0.435. The maximum Gasteiger partial charge on any atom is 0.355 e. The summed E-state index contributed by atoms with van der Waals surface area (Å²) >= 11 is 2.80. The predicted octanol–water partition coefficient (Wildman–Crippen LogP) is 5.32. The molecule has 1 atom stereocenters. The van der Waals surface area contributed by atoms with E-state index < -0.39 is 24.5 Å². The summed E-state index contributed by atoms with van der Waals surface area (Å²) in [6.45, 7) is 6.46. The van der Waals surface area contributed by atoms with E-state index in [0.29, 0.717) is 40.9 Å². The van der Waals surface area contributed by atoms with E-state index in [2.05, 4.69) is 5.10 Å². The number of anilines is 1. The molecule has 13 heteroatoms. The molecule has 0 saturated carbocycles. The van der Waals surface area contributed by atoms with Gasteiger partial charge in [0, 0.05) is 37.0 Å². The molecule has 1 fully saturated rings. The van der Waals surface area contributed by atoms with E-state index in [1.165, 1.54) is 46.0 Å². The molecule has 4 rings (SSSR count). The van der Waals surface area contributed by atoms with Gasteiger partial charge in [-0.1, -0.05) is 37.3 Å². The molecule has 194 valence electrons. The van der Waals surface area contributed by atoms with Crippen molar-refractivity contribution in [1.29, 1.82) is 0 Å². The number of hydrogen-bond donors (Lipinski definition) is 1. The van der Waals surface area contributed by atoms with Crippen LogP contribution in [-0.4, -0.2) is 74.9 Å². The smallest absolute Gasteiger partial charge is 0.355 e. The number of halogens is 4. The van der Waals surface area contributed by atoms with Gasteiger partial charge in [-0.05, 0) is 24.6 Å². The van der Waals surface area contributed by atoms with Crippen LogP contribution in [0, 0.1) is 12.7 Å². The highest BCUT2D eigenvalue weighted by Gasteiger charge is 2.32. The van der Waals surface area contributed by atoms with Gasteiger partial charge in [0.15, 0.2) is 11.5 Å². The summed E-state index contributed by atoms with van der Waals surface area (Å²) in [6.07, 6.45) is -5.38. The lowest BCUT2D eigenvalue weighted by atomic mass is 10.0. The second kappa shape index (κ2) is 10.8. The van der Waals surface area contributed by atoms with Crippen molar-refractivity contribution in [2.45, 2.75) is 43.0 Å². The van der Waals surface area contributed by atoms with Crippen LogP contribution in [0.15, 0.2) is 28.5 Å². The molecule has 36 heavy (non-hydrogen) atoms. The summed E-state index contributed by atoms with van der Waals surface area (Å²) in [5.74, 6) is -1.15. The fourth-order valence-corrected chi connectivity index (χ4v) is 6.55. The molecule has 1 aliphatic heterocycles. The Morgan fingerprint density at radius 2 is 1.86 bits per heavy atom. The molecular formula is C23H25F4N5O2S2. The van der Waals surface area contributed by atoms with Crippen molar-refractivity contribution in [1.82, 2.24) is 19.7 Å². The largest absolute Gasteiger partial charge is 0.476 e. The van der Waals surface area contributed by atoms with Crippen LogP contribution in [0.2, 0.25) is 0 Å². The summed E-state index contributed by atoms with van der Waals surface area (Å²) in [5.41, 5.74) is 0.955. The third kappa shape index (κ3) is 5.37. The average molecular weight is 544 g/mol. The second-order valence-corrected chi connectivity index (χ2v) is 11.4. The average Bonchev–Trinajstić information content (AvgIpc) is 3.39. The number of aromatic nitrogens is 3. The highest BCUT2D eigenvalue weighted by atomic mass is 32.2. The van der Waals surface area contributed by atoms with Crippen molar-refractivity contribution < 1.29 is 27.5 Å². The van der Waals surface area contributed by atoms with Gasteiger partial charge in [-0.2, -0.15) is 14.8 Å². The number of thioether (sulfide) groups is 1. The first-order chi connectivity index (χ1) is 17.1. The monoisotopic (exact) mass is 543 g/mol. The molecule has 0 amide bonds. The number of aromatic carboxylic acids is 1. The third-order valence-corrected chi connectivity index (χ3v) is 7.86. The molecule has 0 aliphatic carbocycles. The van der Waals surface area contributed by atoms with Crippen molar-refractivity contribution in [3.63, 3.8) is 0 Å². The van der Waals surface area contributed by atoms with E-state index in [1.807, 2.05) is 18.7 Å². The maximum absolute atomic E-state index is 13.9. The van der Waals surface area contributed by atoms with Gasteiger partial charge in [0.25, 0.3) is 6.43 Å². The minimum Gasteiger partial charge on any atom is -0.476 e. The molecule has 0 spiro atoms. The Morgan fingerprint density at radius 3 is 2.44 bits per heavy atom. The van der Waals surface area contributed by atoms with Gasteiger partial charge in [-0.3, -0.25) is 4.90 Å². The normalized spacial score (nSPS) is 15.8. The molecule has 1 unspecified atom stereocenters. The van der Waals surface area contributed by atoms with Gasteiger partial charge in [-0.25, -0.2) is 22.4 Å². The highest BCUT2D eigenvalue weighted by Crippen LogP contribution is 2.41. The summed E-state index contributed by atoms with van der Waals surface area (Å²) in [7, 11) is 0. The summed E-state index contributed by atoms with van der Waals surface area (Å²) in [5, 5.41) is 15.0. The van der Waals surface area contributed by atoms with E-state index in [-0.39, 0.29) is 24.0 Å². The van der Waals surface area contributed by atoms with Crippen molar-refractivity contribution in [3.05, 3.63) is 41.5 Å². The van der Waals surface area contributed by atoms with Gasteiger partial charge in [0.1, 0.15) is 10.0 Å². The van der Waals surface area contributed by atoms with Crippen LogP contribution in [0.25, 0.3) is 16.3 Å². The van der Waals surface area contributed by atoms with Crippen LogP contribution in [0.4, 0.5) is 23.4 Å². The Labute approximate surface area is 213 Å². The van der Waals surface area contributed by atoms with Crippen molar-refractivity contribution in [2.24, 2.45) is 0 Å². The number of piperazine rings is 1. The van der Waals surface area contributed by atoms with Crippen LogP contribution in [0.1, 0.15) is 30.0 Å². The maximum atomic E-state index is 13.9. The molecule has 0 bridgehead atoms. The highest BCUT2D eigenvalue weighted by molar-refractivity contribution is 8.01. The number of aryl methyl sites for hydroxylation is 1. The number of carboxylic acid groups (broad SMARTS) is 1. The Kier molecular flexibility index (Phi) is 7.90. The zero-order valence-electron chi connectivity index (χ0n) is 19.8. The number of carboxylic acids is 1. The molecule has 3 aromatic rings. The topological polar surface area (TPSA) is 74.5 Å². The van der Waals surface area contributed by atoms with Crippen LogP contribution >= 0.6 is 23.1 Å². The van der Waals surface area contributed by atoms with Crippen molar-refractivity contribution >= 4 is 34.9 Å². The quantitative estimate of drug-likeness (QED) is 0.234. The lowest BCUT2D eigenvalue weighted by molar-refractivity contribution is -0.0506. The summed E-state index contributed by atoms with van der Waals surface area (Å²) < 4.78 is 55.3. The molecule has 0 radical (unpaired) electrons. The number of rotatable bonds is 8. The van der Waals surface area contributed by atoms with Crippen LogP contribution in [0.5, 0.6) is 0 Å². The van der Waals surface area contributed by atoms with Gasteiger partial charge in [-0.15, -0.1) is 11.8 Å². The first kappa shape index (κ1) is 26.4. The van der Waals surface area contributed by atoms with Gasteiger partial charge in [0.05, 0.1) is 5.69 Å². The Balaban J connectivity index is 1.73. The number of carbonyl (C=O) groups is 1. The predicted molar refractivity (Wildman–Crippen MR) is 132 cm³/mol. The van der Waals surface area contributed by atoms with Crippen molar-refractivity contribution in [2.75, 3.05) is 31.1 Å². The minimum atomic E-state index is -3.07. The summed E-state index contributed by atoms with van der Waals surface area (Å²) in [6, 6.07) is 5.65. The number of hydrogen-bond acceptors (Lipinski definition) is 7. The Bertz CT molecular complexity index is 1240. The second-order valence-electron chi connectivity index (χ2n) is 8.54. The first-order valence-corrected chi connectivity index (χ1v) is 12.9. The SMILES string of the molecule is Cc1nn(-c2nc(N3CCN(C(F)C(F)F)CC3)c(SC(C)C)s2)c(C(=O)O)c1-c1cccc(F)c1. The molecule has 1 saturated heterocycles. The van der Waals surface area contributed by atoms with Gasteiger partial charge in [0.2, 0.25) is 11.4 Å². The summed E-state index contributed by atoms with van der Waals surface area (Å²) in [4.78, 5) is 20.0. The zero-order chi connectivity index (χ0) is 26.1. The standard InChI is InChI=1S/C23H25F4N5O2S2/c1-12(2)35-22-20(31-9-7-30(8-10-31)19(27)18(25)26)28-23(36-22)32-17(21(33)34)16(13(3)29-32)14-5-4-6-15(24)11-14/h4-6,11-12,18-19H,7-10H2,1-3H3,(H,33,34). The first-order valence-electron chi connectivity index (χ1n) is 11.2. The number of alkyl halides is 3. The fourth-order valence-electron chi connectivity index (χ4n) is 4.06. The number of thiazole rings is 1. The van der Waals surface area contributed by atoms with Crippen LogP contribution in [0.3, 0.4) is 0 Å². The molecule has 1 N–H and O–H groups in total. The van der Waals surface area contributed by atoms with E-state index in [0.717, 1.165) is 9.11 Å². The van der Waals surface area contributed by atoms with Crippen LogP contribution < -0.4 is 4.90 Å². The van der Waals surface area contributed by atoms with Crippen molar-refractivity contribution in [3.8, 4) is 16.3 Å². The number of nitrogens with zero attached hydrogens (tertiary/aromatic N) is 5. The lowest BCUT2D eigenvalue weighted by Crippen LogP contribution is -2.51. The molecule has 1 aromatic carbocycles. The zero-order valence-corrected chi connectivity index (χ0v) is 21.4. The third-order valence-electron chi connectivity index (χ3n) is 5.64. The van der Waals surface area contributed by atoms with Crippen LogP contribution in [-0.2, 0) is 0 Å². The van der Waals surface area contributed by atoms with Gasteiger partial charge >= 0.3 is 5.97 Å². The minimum absolute atomic E-state index is 0.106. The van der Waals surface area contributed by atoms with E-state index in [4.69, 9.17) is 4.98 Å². The van der Waals surface area contributed by atoms with Gasteiger partial charge < -0.3 is 10.0 Å². The number of benzene rings is 1. The molecule has 2 aromatic heterocycles. The van der Waals surface area contributed by atoms with E-state index in [9.17, 15) is 27.5 Å². The molecule has 1 aliphatic rings. The Hall–Kier alpha value is -2.64. The van der Waals surface area contributed by atoms with E-state index in [1.54, 1.807) is 13.0 Å². The molecule has 7 nitrogen and oxygen atoms in total. The lowest BCUT2D eigenvalue weighted by Gasteiger charge is -2.36. The van der Waals surface area contributed by atoms with E-state index >= 15 is 0 Å². The molecule has 3 heterocycles. The Morgan fingerprint density at radius 1 is 1.17 bits per heavy atom. The molecular weight excluding hydrogens is 518 g/mol.